The van der Waals surface area contributed by atoms with E-state index in [-0.39, 0.29) is 0 Å². The Bertz CT molecular complexity index is 144. The molecule has 1 fully saturated rings. The second-order valence-electron chi connectivity index (χ2n) is 5.59. The SMILES string of the molecule is CCC(N)C1CCCCCCCCCCC1. The molecular formula is C15H31N. The minimum atomic E-state index is 0.461. The number of hydrogen-bond acceptors (Lipinski definition) is 1. The Morgan fingerprint density at radius 3 is 1.56 bits per heavy atom. The normalized spacial score (nSPS) is 24.4. The largest absolute Gasteiger partial charge is 0.327 e. The fraction of sp³-hybridized carbons (Fsp3) is 1.00. The third kappa shape index (κ3) is 5.89. The monoisotopic (exact) mass is 225 g/mol. The van der Waals surface area contributed by atoms with Crippen molar-refractivity contribution in [3.8, 4) is 0 Å². The maximum absolute atomic E-state index is 6.23. The van der Waals surface area contributed by atoms with Crippen molar-refractivity contribution in [2.24, 2.45) is 11.7 Å². The van der Waals surface area contributed by atoms with E-state index in [0.29, 0.717) is 6.04 Å². The van der Waals surface area contributed by atoms with Crippen molar-refractivity contribution in [1.29, 1.82) is 0 Å². The molecule has 0 heterocycles. The van der Waals surface area contributed by atoms with E-state index in [9.17, 15) is 0 Å². The Hall–Kier alpha value is -0.0400. The van der Waals surface area contributed by atoms with Gasteiger partial charge in [-0.3, -0.25) is 0 Å². The van der Waals surface area contributed by atoms with Crippen LogP contribution in [0.3, 0.4) is 0 Å². The highest BCUT2D eigenvalue weighted by molar-refractivity contribution is 4.72. The van der Waals surface area contributed by atoms with Gasteiger partial charge in [0.1, 0.15) is 0 Å². The van der Waals surface area contributed by atoms with E-state index in [2.05, 4.69) is 6.92 Å². The minimum Gasteiger partial charge on any atom is -0.327 e. The summed E-state index contributed by atoms with van der Waals surface area (Å²) in [6, 6.07) is 0.461. The second-order valence-corrected chi connectivity index (χ2v) is 5.59. The quantitative estimate of drug-likeness (QED) is 0.727. The van der Waals surface area contributed by atoms with Crippen molar-refractivity contribution < 1.29 is 0 Å². The molecule has 1 unspecified atom stereocenters. The van der Waals surface area contributed by atoms with Crippen molar-refractivity contribution in [3.63, 3.8) is 0 Å². The van der Waals surface area contributed by atoms with E-state index in [1.165, 1.54) is 70.6 Å². The van der Waals surface area contributed by atoms with Crippen LogP contribution in [0, 0.1) is 5.92 Å². The first-order chi connectivity index (χ1) is 7.84. The molecule has 1 saturated carbocycles. The van der Waals surface area contributed by atoms with Gasteiger partial charge in [-0.25, -0.2) is 0 Å². The van der Waals surface area contributed by atoms with E-state index in [0.717, 1.165) is 12.3 Å². The molecule has 0 aliphatic heterocycles. The lowest BCUT2D eigenvalue weighted by Crippen LogP contribution is -2.29. The molecule has 1 aliphatic carbocycles. The Morgan fingerprint density at radius 2 is 1.19 bits per heavy atom. The van der Waals surface area contributed by atoms with Crippen LogP contribution in [-0.2, 0) is 0 Å². The van der Waals surface area contributed by atoms with Crippen molar-refractivity contribution >= 4 is 0 Å². The molecule has 16 heavy (non-hydrogen) atoms. The lowest BCUT2D eigenvalue weighted by molar-refractivity contribution is 0.331. The second kappa shape index (κ2) is 9.04. The highest BCUT2D eigenvalue weighted by atomic mass is 14.6. The zero-order chi connectivity index (χ0) is 11.6. The molecule has 0 spiro atoms. The van der Waals surface area contributed by atoms with E-state index < -0.39 is 0 Å². The summed E-state index contributed by atoms with van der Waals surface area (Å²) in [5.41, 5.74) is 6.23. The lowest BCUT2D eigenvalue weighted by Gasteiger charge is -2.23. The van der Waals surface area contributed by atoms with Gasteiger partial charge < -0.3 is 5.73 Å². The molecule has 0 aromatic carbocycles. The number of rotatable bonds is 2. The Balaban J connectivity index is 2.30. The van der Waals surface area contributed by atoms with Crippen molar-refractivity contribution in [3.05, 3.63) is 0 Å². The van der Waals surface area contributed by atoms with Gasteiger partial charge in [0.05, 0.1) is 0 Å². The molecule has 2 N–H and O–H groups in total. The van der Waals surface area contributed by atoms with Crippen LogP contribution in [0.5, 0.6) is 0 Å². The Kier molecular flexibility index (Phi) is 7.92. The van der Waals surface area contributed by atoms with Crippen LogP contribution in [0.1, 0.15) is 84.0 Å². The summed E-state index contributed by atoms with van der Waals surface area (Å²) >= 11 is 0. The van der Waals surface area contributed by atoms with Gasteiger partial charge in [0.15, 0.2) is 0 Å². The van der Waals surface area contributed by atoms with Crippen molar-refractivity contribution in [2.75, 3.05) is 0 Å². The molecule has 0 saturated heterocycles. The fourth-order valence-corrected chi connectivity index (χ4v) is 2.96. The molecule has 0 bridgehead atoms. The number of nitrogens with two attached hydrogens (primary N) is 1. The molecule has 1 aliphatic rings. The summed E-state index contributed by atoms with van der Waals surface area (Å²) in [6.45, 7) is 2.24. The molecule has 1 heteroatoms. The highest BCUT2D eigenvalue weighted by Crippen LogP contribution is 2.23. The van der Waals surface area contributed by atoms with Crippen LogP contribution in [-0.4, -0.2) is 6.04 Å². The topological polar surface area (TPSA) is 26.0 Å². The van der Waals surface area contributed by atoms with E-state index in [1.807, 2.05) is 0 Å². The van der Waals surface area contributed by atoms with Gasteiger partial charge in [-0.2, -0.15) is 0 Å². The third-order valence-corrected chi connectivity index (χ3v) is 4.23. The predicted molar refractivity (Wildman–Crippen MR) is 72.5 cm³/mol. The van der Waals surface area contributed by atoms with E-state index in [1.54, 1.807) is 0 Å². The lowest BCUT2D eigenvalue weighted by atomic mass is 9.87. The molecule has 0 amide bonds. The zero-order valence-electron chi connectivity index (χ0n) is 11.2. The minimum absolute atomic E-state index is 0.461. The van der Waals surface area contributed by atoms with Gasteiger partial charge in [0.2, 0.25) is 0 Å². The summed E-state index contributed by atoms with van der Waals surface area (Å²) in [5.74, 6) is 0.810. The van der Waals surface area contributed by atoms with Gasteiger partial charge in [-0.1, -0.05) is 64.7 Å². The van der Waals surface area contributed by atoms with Gasteiger partial charge in [0, 0.05) is 6.04 Å². The van der Waals surface area contributed by atoms with Crippen molar-refractivity contribution in [2.45, 2.75) is 90.0 Å². The van der Waals surface area contributed by atoms with Gasteiger partial charge >= 0.3 is 0 Å². The summed E-state index contributed by atoms with van der Waals surface area (Å²) in [4.78, 5) is 0. The standard InChI is InChI=1S/C15H31N/c1-2-15(16)14-12-10-8-6-4-3-5-7-9-11-13-14/h14-15H,2-13,16H2,1H3. The van der Waals surface area contributed by atoms with Gasteiger partial charge in [-0.05, 0) is 25.2 Å². The molecular weight excluding hydrogens is 194 g/mol. The Morgan fingerprint density at radius 1 is 0.812 bits per heavy atom. The van der Waals surface area contributed by atoms with Crippen LogP contribution in [0.4, 0.5) is 0 Å². The average molecular weight is 225 g/mol. The molecule has 1 rings (SSSR count). The van der Waals surface area contributed by atoms with Gasteiger partial charge in [0.25, 0.3) is 0 Å². The average Bonchev–Trinajstić information content (AvgIpc) is 2.29. The summed E-state index contributed by atoms with van der Waals surface area (Å²) < 4.78 is 0. The third-order valence-electron chi connectivity index (χ3n) is 4.23. The summed E-state index contributed by atoms with van der Waals surface area (Å²) in [7, 11) is 0. The van der Waals surface area contributed by atoms with E-state index >= 15 is 0 Å². The molecule has 0 radical (unpaired) electrons. The first-order valence-corrected chi connectivity index (χ1v) is 7.60. The molecule has 0 aromatic rings. The van der Waals surface area contributed by atoms with Crippen LogP contribution >= 0.6 is 0 Å². The predicted octanol–water partition coefficient (Wildman–Crippen LogP) is 4.64. The highest BCUT2D eigenvalue weighted by Gasteiger charge is 2.15. The fourth-order valence-electron chi connectivity index (χ4n) is 2.96. The molecule has 1 atom stereocenters. The summed E-state index contributed by atoms with van der Waals surface area (Å²) in [6.07, 6.45) is 16.9. The van der Waals surface area contributed by atoms with Crippen LogP contribution in [0.2, 0.25) is 0 Å². The smallest absolute Gasteiger partial charge is 0.00645 e. The Labute approximate surface area is 102 Å². The first-order valence-electron chi connectivity index (χ1n) is 7.60. The molecule has 0 aromatic heterocycles. The molecule has 1 nitrogen and oxygen atoms in total. The van der Waals surface area contributed by atoms with Crippen LogP contribution in [0.15, 0.2) is 0 Å². The number of hydrogen-bond donors (Lipinski definition) is 1. The van der Waals surface area contributed by atoms with Crippen LogP contribution in [0.25, 0.3) is 0 Å². The molecule has 96 valence electrons. The van der Waals surface area contributed by atoms with Crippen LogP contribution < -0.4 is 5.73 Å². The maximum Gasteiger partial charge on any atom is 0.00645 e. The zero-order valence-corrected chi connectivity index (χ0v) is 11.2. The maximum atomic E-state index is 6.23. The van der Waals surface area contributed by atoms with Crippen molar-refractivity contribution in [1.82, 2.24) is 0 Å². The first kappa shape index (κ1) is 14.0. The van der Waals surface area contributed by atoms with E-state index in [4.69, 9.17) is 5.73 Å². The van der Waals surface area contributed by atoms with Gasteiger partial charge in [-0.15, -0.1) is 0 Å². The summed E-state index contributed by atoms with van der Waals surface area (Å²) in [5, 5.41) is 0.